The Labute approximate surface area is 146 Å². The van der Waals surface area contributed by atoms with Crippen LogP contribution in [0.5, 0.6) is 0 Å². The predicted octanol–water partition coefficient (Wildman–Crippen LogP) is 4.14. The van der Waals surface area contributed by atoms with E-state index in [4.69, 9.17) is 14.7 Å². The highest BCUT2D eigenvalue weighted by atomic mass is 79.9. The number of benzene rings is 1. The molecule has 0 aliphatic carbocycles. The molecule has 0 saturated heterocycles. The van der Waals surface area contributed by atoms with Crippen LogP contribution in [0.15, 0.2) is 22.7 Å². The Kier molecular flexibility index (Phi) is 7.53. The summed E-state index contributed by atoms with van der Waals surface area (Å²) in [6, 6.07) is 7.62. The maximum absolute atomic E-state index is 11.6. The largest absolute Gasteiger partial charge is 0.444 e. The number of alkyl carbamates (subject to hydrolysis) is 1. The van der Waals surface area contributed by atoms with E-state index in [9.17, 15) is 4.79 Å². The molecule has 1 aromatic carbocycles. The average Bonchev–Trinajstić information content (AvgIpc) is 2.42. The summed E-state index contributed by atoms with van der Waals surface area (Å²) in [5, 5.41) is 11.9. The van der Waals surface area contributed by atoms with Crippen LogP contribution in [0.3, 0.4) is 0 Å². The zero-order valence-corrected chi connectivity index (χ0v) is 15.6. The van der Waals surface area contributed by atoms with Gasteiger partial charge in [-0.1, -0.05) is 22.0 Å². The molecule has 1 atom stereocenters. The van der Waals surface area contributed by atoms with Crippen LogP contribution >= 0.6 is 15.9 Å². The van der Waals surface area contributed by atoms with Gasteiger partial charge in [-0.25, -0.2) is 4.79 Å². The summed E-state index contributed by atoms with van der Waals surface area (Å²) in [6.45, 7) is 8.23. The maximum atomic E-state index is 11.6. The highest BCUT2D eigenvalue weighted by molar-refractivity contribution is 9.10. The molecule has 1 N–H and O–H groups in total. The molecule has 0 aromatic heterocycles. The fraction of sp³-hybridized carbons (Fsp3) is 0.529. The molecule has 0 heterocycles. The zero-order chi connectivity index (χ0) is 17.5. The molecular formula is C17H23BrN2O3. The van der Waals surface area contributed by atoms with E-state index >= 15 is 0 Å². The highest BCUT2D eigenvalue weighted by Gasteiger charge is 2.17. The molecule has 0 saturated carbocycles. The Balaban J connectivity index is 2.32. The van der Waals surface area contributed by atoms with E-state index in [1.165, 1.54) is 0 Å². The molecule has 0 spiro atoms. The van der Waals surface area contributed by atoms with Crippen LogP contribution in [0, 0.1) is 11.3 Å². The normalized spacial score (nSPS) is 12.3. The van der Waals surface area contributed by atoms with Crippen LogP contribution in [0.1, 0.15) is 45.2 Å². The van der Waals surface area contributed by atoms with E-state index < -0.39 is 11.7 Å². The molecule has 0 bridgehead atoms. The van der Waals surface area contributed by atoms with E-state index in [1.54, 1.807) is 6.07 Å². The number of amides is 1. The van der Waals surface area contributed by atoms with E-state index in [-0.39, 0.29) is 6.04 Å². The molecule has 126 valence electrons. The first kappa shape index (κ1) is 19.5. The summed E-state index contributed by atoms with van der Waals surface area (Å²) in [5.74, 6) is 0. The van der Waals surface area contributed by atoms with Crippen LogP contribution in [0.2, 0.25) is 0 Å². The number of ether oxygens (including phenoxy) is 2. The molecule has 5 nitrogen and oxygen atoms in total. The number of hydrogen-bond acceptors (Lipinski definition) is 4. The summed E-state index contributed by atoms with van der Waals surface area (Å²) in [5.41, 5.74) is 0.943. The second-order valence-electron chi connectivity index (χ2n) is 6.30. The van der Waals surface area contributed by atoms with Gasteiger partial charge in [0.25, 0.3) is 0 Å². The van der Waals surface area contributed by atoms with Crippen LogP contribution in [-0.2, 0) is 16.1 Å². The van der Waals surface area contributed by atoms with Gasteiger partial charge in [-0.05, 0) is 51.8 Å². The first-order valence-corrected chi connectivity index (χ1v) is 8.26. The van der Waals surface area contributed by atoms with Crippen molar-refractivity contribution >= 4 is 22.0 Å². The number of carbonyl (C=O) groups is 1. The molecule has 0 unspecified atom stereocenters. The van der Waals surface area contributed by atoms with Crippen LogP contribution in [0.25, 0.3) is 0 Å². The van der Waals surface area contributed by atoms with Crippen LogP contribution in [0.4, 0.5) is 4.79 Å². The lowest BCUT2D eigenvalue weighted by molar-refractivity contribution is 0.0490. The van der Waals surface area contributed by atoms with Crippen molar-refractivity contribution in [2.75, 3.05) is 6.61 Å². The van der Waals surface area contributed by atoms with Crippen molar-refractivity contribution in [3.63, 3.8) is 0 Å². The molecule has 1 rings (SSSR count). The van der Waals surface area contributed by atoms with Crippen molar-refractivity contribution in [2.45, 2.75) is 52.4 Å². The third-order valence-electron chi connectivity index (χ3n) is 2.91. The summed E-state index contributed by atoms with van der Waals surface area (Å²) in [6.07, 6.45) is 0.238. The Morgan fingerprint density at radius 3 is 2.74 bits per heavy atom. The lowest BCUT2D eigenvalue weighted by Gasteiger charge is -2.22. The van der Waals surface area contributed by atoms with E-state index in [1.807, 2.05) is 39.8 Å². The van der Waals surface area contributed by atoms with Gasteiger partial charge in [0.05, 0.1) is 18.2 Å². The second kappa shape index (κ2) is 8.90. The highest BCUT2D eigenvalue weighted by Crippen LogP contribution is 2.17. The van der Waals surface area contributed by atoms with E-state index in [0.717, 1.165) is 10.0 Å². The van der Waals surface area contributed by atoms with Gasteiger partial charge in [0.1, 0.15) is 5.60 Å². The van der Waals surface area contributed by atoms with Crippen molar-refractivity contribution in [1.82, 2.24) is 5.32 Å². The number of nitrogens with zero attached hydrogens (tertiary/aromatic N) is 1. The predicted molar refractivity (Wildman–Crippen MR) is 92.0 cm³/mol. The van der Waals surface area contributed by atoms with Gasteiger partial charge >= 0.3 is 6.09 Å². The zero-order valence-electron chi connectivity index (χ0n) is 14.0. The van der Waals surface area contributed by atoms with Crippen LogP contribution < -0.4 is 5.32 Å². The van der Waals surface area contributed by atoms with Gasteiger partial charge in [0, 0.05) is 17.1 Å². The van der Waals surface area contributed by atoms with Crippen molar-refractivity contribution in [1.29, 1.82) is 5.26 Å². The topological polar surface area (TPSA) is 71.3 Å². The lowest BCUT2D eigenvalue weighted by atomic mass is 10.1. The van der Waals surface area contributed by atoms with E-state index in [0.29, 0.717) is 25.2 Å². The van der Waals surface area contributed by atoms with Crippen LogP contribution in [-0.4, -0.2) is 24.3 Å². The third-order valence-corrected chi connectivity index (χ3v) is 3.40. The molecule has 0 fully saturated rings. The van der Waals surface area contributed by atoms with E-state index in [2.05, 4.69) is 27.3 Å². The molecule has 6 heteroatoms. The summed E-state index contributed by atoms with van der Waals surface area (Å²) < 4.78 is 11.7. The Hall–Kier alpha value is -1.58. The number of carbonyl (C=O) groups excluding carboxylic acids is 1. The summed E-state index contributed by atoms with van der Waals surface area (Å²) in [4.78, 5) is 11.6. The number of halogens is 1. The third kappa shape index (κ3) is 8.00. The Morgan fingerprint density at radius 2 is 2.13 bits per heavy atom. The summed E-state index contributed by atoms with van der Waals surface area (Å²) >= 11 is 3.34. The molecule has 0 aliphatic heterocycles. The van der Waals surface area contributed by atoms with Crippen molar-refractivity contribution in [3.05, 3.63) is 33.8 Å². The minimum Gasteiger partial charge on any atom is -0.444 e. The fourth-order valence-electron chi connectivity index (χ4n) is 1.80. The van der Waals surface area contributed by atoms with Gasteiger partial charge in [-0.2, -0.15) is 5.26 Å². The molecule has 1 amide bonds. The smallest absolute Gasteiger partial charge is 0.407 e. The molecule has 23 heavy (non-hydrogen) atoms. The van der Waals surface area contributed by atoms with Crippen molar-refractivity contribution in [3.8, 4) is 6.07 Å². The fourth-order valence-corrected chi connectivity index (χ4v) is 2.16. The van der Waals surface area contributed by atoms with Gasteiger partial charge in [0.15, 0.2) is 0 Å². The Morgan fingerprint density at radius 1 is 1.43 bits per heavy atom. The minimum atomic E-state index is -0.504. The van der Waals surface area contributed by atoms with Gasteiger partial charge < -0.3 is 14.8 Å². The van der Waals surface area contributed by atoms with Gasteiger partial charge in [0.2, 0.25) is 0 Å². The van der Waals surface area contributed by atoms with Crippen molar-refractivity contribution < 1.29 is 14.3 Å². The monoisotopic (exact) mass is 382 g/mol. The number of hydrogen-bond donors (Lipinski definition) is 1. The Bertz CT molecular complexity index is 576. The first-order chi connectivity index (χ1) is 10.7. The maximum Gasteiger partial charge on any atom is 0.407 e. The van der Waals surface area contributed by atoms with Gasteiger partial charge in [-0.15, -0.1) is 0 Å². The number of rotatable bonds is 6. The first-order valence-electron chi connectivity index (χ1n) is 7.47. The minimum absolute atomic E-state index is 0.0507. The van der Waals surface area contributed by atoms with Gasteiger partial charge in [-0.3, -0.25) is 0 Å². The summed E-state index contributed by atoms with van der Waals surface area (Å²) in [7, 11) is 0. The molecule has 0 radical (unpaired) electrons. The lowest BCUT2D eigenvalue weighted by Crippen LogP contribution is -2.38. The molecule has 1 aromatic rings. The standard InChI is InChI=1S/C17H23BrN2O3/c1-12(20-16(21)23-17(2,3)4)7-8-22-11-13-5-6-15(18)9-14(13)10-19/h5-6,9,12H,7-8,11H2,1-4H3,(H,20,21)/t12-/m0/s1. The number of nitrogens with one attached hydrogen (secondary N) is 1. The average molecular weight is 383 g/mol. The quantitative estimate of drug-likeness (QED) is 0.750. The SMILES string of the molecule is C[C@@H](CCOCc1ccc(Br)cc1C#N)NC(=O)OC(C)(C)C. The molecule has 0 aliphatic rings. The second-order valence-corrected chi connectivity index (χ2v) is 7.22. The molecular weight excluding hydrogens is 360 g/mol. The number of nitriles is 1. The van der Waals surface area contributed by atoms with Crippen molar-refractivity contribution in [2.24, 2.45) is 0 Å².